The van der Waals surface area contributed by atoms with Crippen molar-refractivity contribution in [2.45, 2.75) is 18.7 Å². The summed E-state index contributed by atoms with van der Waals surface area (Å²) in [5, 5.41) is 0.928. The molecule has 0 aliphatic heterocycles. The fourth-order valence-corrected chi connectivity index (χ4v) is 4.82. The quantitative estimate of drug-likeness (QED) is 0.761. The lowest BCUT2D eigenvalue weighted by atomic mass is 10.2. The van der Waals surface area contributed by atoms with Gasteiger partial charge in [0.15, 0.2) is 5.13 Å². The van der Waals surface area contributed by atoms with Crippen LogP contribution in [0.4, 0.5) is 5.13 Å². The van der Waals surface area contributed by atoms with E-state index in [9.17, 15) is 8.42 Å². The summed E-state index contributed by atoms with van der Waals surface area (Å²) in [4.78, 5) is 4.54. The van der Waals surface area contributed by atoms with Gasteiger partial charge in [-0.15, -0.1) is 0 Å². The summed E-state index contributed by atoms with van der Waals surface area (Å²) >= 11 is 7.19. The van der Waals surface area contributed by atoms with Crippen molar-refractivity contribution in [2.24, 2.45) is 0 Å². The SMILES string of the molecule is Cc1ccc(S(=O)(=O)Nc2nc3ccc(Cl)cc3s2)c(C)c1. The van der Waals surface area contributed by atoms with Gasteiger partial charge < -0.3 is 0 Å². The number of thiazole rings is 1. The number of nitrogens with zero attached hydrogens (tertiary/aromatic N) is 1. The van der Waals surface area contributed by atoms with Crippen LogP contribution in [0.25, 0.3) is 10.2 Å². The zero-order valence-electron chi connectivity index (χ0n) is 11.9. The molecule has 1 aromatic heterocycles. The van der Waals surface area contributed by atoms with Crippen LogP contribution in [-0.4, -0.2) is 13.4 Å². The van der Waals surface area contributed by atoms with E-state index in [1.165, 1.54) is 11.3 Å². The summed E-state index contributed by atoms with van der Waals surface area (Å²) in [6.45, 7) is 3.70. The van der Waals surface area contributed by atoms with E-state index < -0.39 is 10.0 Å². The minimum absolute atomic E-state index is 0.260. The molecule has 0 saturated heterocycles. The van der Waals surface area contributed by atoms with Crippen LogP contribution < -0.4 is 4.72 Å². The Morgan fingerprint density at radius 2 is 1.91 bits per heavy atom. The molecule has 0 bridgehead atoms. The Hall–Kier alpha value is -1.63. The van der Waals surface area contributed by atoms with Crippen molar-refractivity contribution in [3.63, 3.8) is 0 Å². The van der Waals surface area contributed by atoms with Gasteiger partial charge in [-0.1, -0.05) is 40.6 Å². The first kappa shape index (κ1) is 15.3. The number of hydrogen-bond acceptors (Lipinski definition) is 4. The Morgan fingerprint density at radius 1 is 1.14 bits per heavy atom. The van der Waals surface area contributed by atoms with Crippen LogP contribution in [0.3, 0.4) is 0 Å². The van der Waals surface area contributed by atoms with Crippen molar-refractivity contribution in [1.29, 1.82) is 0 Å². The average molecular weight is 353 g/mol. The Kier molecular flexibility index (Phi) is 3.84. The molecule has 0 amide bonds. The molecule has 0 aliphatic carbocycles. The molecule has 0 spiro atoms. The van der Waals surface area contributed by atoms with Gasteiger partial charge in [0.1, 0.15) is 0 Å². The average Bonchev–Trinajstić information content (AvgIpc) is 2.78. The summed E-state index contributed by atoms with van der Waals surface area (Å²) in [7, 11) is -3.65. The van der Waals surface area contributed by atoms with E-state index in [-0.39, 0.29) is 4.90 Å². The molecule has 3 rings (SSSR count). The third-order valence-corrected chi connectivity index (χ3v) is 5.99. The lowest BCUT2D eigenvalue weighted by Crippen LogP contribution is -2.14. The second-order valence-corrected chi connectivity index (χ2v) is 8.12. The van der Waals surface area contributed by atoms with Gasteiger partial charge in [-0.05, 0) is 43.7 Å². The Morgan fingerprint density at radius 3 is 2.64 bits per heavy atom. The van der Waals surface area contributed by atoms with Gasteiger partial charge in [0, 0.05) is 5.02 Å². The van der Waals surface area contributed by atoms with E-state index in [1.54, 1.807) is 37.3 Å². The maximum atomic E-state index is 12.5. The first-order valence-corrected chi connectivity index (χ1v) is 9.19. The smallest absolute Gasteiger partial charge is 0.255 e. The van der Waals surface area contributed by atoms with Crippen LogP contribution in [0, 0.1) is 13.8 Å². The molecule has 0 unspecified atom stereocenters. The molecule has 3 aromatic rings. The lowest BCUT2D eigenvalue weighted by molar-refractivity contribution is 0.600. The Bertz CT molecular complexity index is 965. The summed E-state index contributed by atoms with van der Waals surface area (Å²) < 4.78 is 28.4. The van der Waals surface area contributed by atoms with E-state index in [2.05, 4.69) is 9.71 Å². The van der Waals surface area contributed by atoms with Crippen molar-refractivity contribution in [1.82, 2.24) is 4.98 Å². The molecule has 0 aliphatic rings. The van der Waals surface area contributed by atoms with E-state index in [4.69, 9.17) is 11.6 Å². The monoisotopic (exact) mass is 352 g/mol. The predicted octanol–water partition coefficient (Wildman–Crippen LogP) is 4.37. The van der Waals surface area contributed by atoms with Crippen molar-refractivity contribution in [3.8, 4) is 0 Å². The van der Waals surface area contributed by atoms with Gasteiger partial charge in [0.25, 0.3) is 10.0 Å². The lowest BCUT2D eigenvalue weighted by Gasteiger charge is -2.08. The topological polar surface area (TPSA) is 59.1 Å². The third-order valence-electron chi connectivity index (χ3n) is 3.19. The van der Waals surface area contributed by atoms with Crippen LogP contribution in [0.1, 0.15) is 11.1 Å². The molecule has 4 nitrogen and oxygen atoms in total. The summed E-state index contributed by atoms with van der Waals surface area (Å²) in [5.74, 6) is 0. The molecule has 0 saturated carbocycles. The molecule has 0 atom stereocenters. The number of nitrogens with one attached hydrogen (secondary N) is 1. The number of aryl methyl sites for hydroxylation is 2. The van der Waals surface area contributed by atoms with Crippen LogP contribution in [0.15, 0.2) is 41.3 Å². The molecule has 0 fully saturated rings. The Labute approximate surface area is 137 Å². The standard InChI is InChI=1S/C15H13ClN2O2S2/c1-9-3-6-14(10(2)7-9)22(19,20)18-15-17-12-5-4-11(16)8-13(12)21-15/h3-8H,1-2H3,(H,17,18). The number of hydrogen-bond donors (Lipinski definition) is 1. The largest absolute Gasteiger partial charge is 0.263 e. The number of aromatic nitrogens is 1. The number of halogens is 1. The van der Waals surface area contributed by atoms with Gasteiger partial charge in [-0.2, -0.15) is 0 Å². The predicted molar refractivity (Wildman–Crippen MR) is 91.4 cm³/mol. The minimum Gasteiger partial charge on any atom is -0.255 e. The maximum absolute atomic E-state index is 12.5. The highest BCUT2D eigenvalue weighted by molar-refractivity contribution is 7.93. The van der Waals surface area contributed by atoms with Gasteiger partial charge in [-0.25, -0.2) is 13.4 Å². The maximum Gasteiger partial charge on any atom is 0.263 e. The zero-order chi connectivity index (χ0) is 15.9. The summed E-state index contributed by atoms with van der Waals surface area (Å²) in [5.41, 5.74) is 2.44. The molecule has 2 aromatic carbocycles. The second kappa shape index (κ2) is 5.53. The first-order chi connectivity index (χ1) is 10.3. The van der Waals surface area contributed by atoms with E-state index in [0.29, 0.717) is 21.2 Å². The number of anilines is 1. The normalized spacial score (nSPS) is 11.8. The van der Waals surface area contributed by atoms with Gasteiger partial charge in [0.05, 0.1) is 15.1 Å². The Balaban J connectivity index is 1.99. The zero-order valence-corrected chi connectivity index (χ0v) is 14.3. The fourth-order valence-electron chi connectivity index (χ4n) is 2.21. The third kappa shape index (κ3) is 2.95. The fraction of sp³-hybridized carbons (Fsp3) is 0.133. The van der Waals surface area contributed by atoms with E-state index >= 15 is 0 Å². The molecular formula is C15H13ClN2O2S2. The van der Waals surface area contributed by atoms with Crippen LogP contribution in [0.5, 0.6) is 0 Å². The highest BCUT2D eigenvalue weighted by atomic mass is 35.5. The van der Waals surface area contributed by atoms with Crippen LogP contribution in [0.2, 0.25) is 5.02 Å². The van der Waals surface area contributed by atoms with Crippen molar-refractivity contribution >= 4 is 48.3 Å². The highest BCUT2D eigenvalue weighted by Crippen LogP contribution is 2.30. The van der Waals surface area contributed by atoms with E-state index in [0.717, 1.165) is 10.3 Å². The van der Waals surface area contributed by atoms with Crippen LogP contribution >= 0.6 is 22.9 Å². The molecule has 7 heteroatoms. The van der Waals surface area contributed by atoms with Crippen molar-refractivity contribution in [3.05, 3.63) is 52.5 Å². The summed E-state index contributed by atoms with van der Waals surface area (Å²) in [6, 6.07) is 10.5. The molecule has 1 N–H and O–H groups in total. The van der Waals surface area contributed by atoms with Crippen molar-refractivity contribution < 1.29 is 8.42 Å². The molecule has 0 radical (unpaired) electrons. The number of fused-ring (bicyclic) bond motifs is 1. The van der Waals surface area contributed by atoms with E-state index in [1.807, 2.05) is 13.0 Å². The van der Waals surface area contributed by atoms with Gasteiger partial charge >= 0.3 is 0 Å². The molecule has 22 heavy (non-hydrogen) atoms. The minimum atomic E-state index is -3.65. The second-order valence-electron chi connectivity index (χ2n) is 5.01. The van der Waals surface area contributed by atoms with Crippen LogP contribution in [-0.2, 0) is 10.0 Å². The molecule has 1 heterocycles. The number of benzene rings is 2. The number of rotatable bonds is 3. The highest BCUT2D eigenvalue weighted by Gasteiger charge is 2.18. The first-order valence-electron chi connectivity index (χ1n) is 6.51. The van der Waals surface area contributed by atoms with Gasteiger partial charge in [0.2, 0.25) is 0 Å². The number of sulfonamides is 1. The van der Waals surface area contributed by atoms with Crippen molar-refractivity contribution in [2.75, 3.05) is 4.72 Å². The van der Waals surface area contributed by atoms with Gasteiger partial charge in [-0.3, -0.25) is 4.72 Å². The molecule has 114 valence electrons. The summed E-state index contributed by atoms with van der Waals surface area (Å²) in [6.07, 6.45) is 0. The molecular weight excluding hydrogens is 340 g/mol.